The number of rotatable bonds is 22. The summed E-state index contributed by atoms with van der Waals surface area (Å²) in [6.45, 7) is 19.9. The van der Waals surface area contributed by atoms with E-state index in [9.17, 15) is 29.0 Å². The maximum Gasteiger partial charge on any atom is 0.338 e. The van der Waals surface area contributed by atoms with Gasteiger partial charge in [-0.15, -0.1) is 0 Å². The van der Waals surface area contributed by atoms with Crippen LogP contribution in [-0.2, 0) is 18.9 Å². The highest BCUT2D eigenvalue weighted by Gasteiger charge is 2.37. The van der Waals surface area contributed by atoms with Crippen LogP contribution in [0.3, 0.4) is 0 Å². The zero-order valence-corrected chi connectivity index (χ0v) is 83.9. The Hall–Kier alpha value is -15.2. The molecular formula is C114H108FIN16O13. The van der Waals surface area contributed by atoms with E-state index in [0.29, 0.717) is 46.1 Å². The maximum atomic E-state index is 14.8. The zero-order valence-electron chi connectivity index (χ0n) is 81.7. The van der Waals surface area contributed by atoms with E-state index in [2.05, 4.69) is 135 Å². The summed E-state index contributed by atoms with van der Waals surface area (Å²) in [5, 5.41) is 35.2. The number of hydrogen-bond acceptors (Lipinski definition) is 23. The number of aryl methyl sites for hydroxylation is 8. The van der Waals surface area contributed by atoms with Crippen molar-refractivity contribution < 1.29 is 66.0 Å². The van der Waals surface area contributed by atoms with Crippen LogP contribution in [0.15, 0.2) is 256 Å². The van der Waals surface area contributed by atoms with Crippen molar-refractivity contribution in [3.8, 4) is 77.9 Å². The van der Waals surface area contributed by atoms with Gasteiger partial charge in [0.05, 0.1) is 136 Å². The van der Waals surface area contributed by atoms with Crippen LogP contribution in [0.1, 0.15) is 188 Å². The SMILES string of the molecule is COC(=O)c1ccc(-c2cn(C(c3ccccn3)C3CCOCC3)c3cc(-c4c(C)noc4C)cnc23)cc1.Cc1noc(C)c1-c1cnc2c(-c3ccc(C(=O)O)c(F)c3)cn(C(c3ccccn3)C3CCCC3)c2c1.Cc1noc(C)c1-c1cnc2c(-c3ccc(C(=O)O)cc3)cn(C(c3ccccn3)C3CCOCC3)c2c1.Cc1noc(C)c1-c1cnc2c(I)cn(C(c3ccccn3)C3CCOCC3)c2c1. The first-order valence-corrected chi connectivity index (χ1v) is 50.0. The van der Waals surface area contributed by atoms with Gasteiger partial charge in [0.2, 0.25) is 0 Å². The molecule has 3 aliphatic heterocycles. The Morgan fingerprint density at radius 2 is 0.662 bits per heavy atom. The molecule has 3 saturated heterocycles. The number of methoxy groups -OCH3 is 1. The third-order valence-electron chi connectivity index (χ3n) is 28.6. The zero-order chi connectivity index (χ0) is 100. The fourth-order valence-electron chi connectivity index (χ4n) is 21.7. The number of pyridine rings is 8. The number of halogens is 2. The Morgan fingerprint density at radius 3 is 0.959 bits per heavy atom. The van der Waals surface area contributed by atoms with Gasteiger partial charge < -0.3 is 65.5 Å². The van der Waals surface area contributed by atoms with Crippen molar-refractivity contribution >= 4 is 84.6 Å². The fraction of sp³-hybridized carbons (Fsp3) is 0.289. The van der Waals surface area contributed by atoms with Crippen LogP contribution in [0.2, 0.25) is 0 Å². The molecule has 4 atom stereocenters. The van der Waals surface area contributed by atoms with Gasteiger partial charge in [-0.05, 0) is 279 Å². The van der Waals surface area contributed by atoms with Crippen molar-refractivity contribution in [1.82, 2.24) is 78.8 Å². The van der Waals surface area contributed by atoms with Crippen molar-refractivity contribution in [3.63, 3.8) is 0 Å². The summed E-state index contributed by atoms with van der Waals surface area (Å²) in [5.41, 5.74) is 27.9. The lowest BCUT2D eigenvalue weighted by Crippen LogP contribution is -2.27. The lowest BCUT2D eigenvalue weighted by atomic mass is 9.89. The molecule has 19 aromatic rings. The molecule has 145 heavy (non-hydrogen) atoms. The van der Waals surface area contributed by atoms with Gasteiger partial charge in [-0.3, -0.25) is 39.9 Å². The highest BCUT2D eigenvalue weighted by atomic mass is 127. The summed E-state index contributed by atoms with van der Waals surface area (Å²) < 4.78 is 68.8. The monoisotopic (exact) mass is 2050 g/mol. The predicted molar refractivity (Wildman–Crippen MR) is 555 cm³/mol. The minimum Gasteiger partial charge on any atom is -0.478 e. The lowest BCUT2D eigenvalue weighted by Gasteiger charge is -2.31. The number of ether oxygens (including phenoxy) is 4. The molecule has 4 fully saturated rings. The van der Waals surface area contributed by atoms with Crippen molar-refractivity contribution in [2.24, 2.45) is 23.7 Å². The first-order valence-electron chi connectivity index (χ1n) is 48.9. The molecule has 16 aromatic heterocycles. The van der Waals surface area contributed by atoms with Crippen LogP contribution in [0.4, 0.5) is 4.39 Å². The molecule has 31 heteroatoms. The maximum absolute atomic E-state index is 14.8. The standard InChI is InChI=1S/C31H30N4O4.C30H27FN4O3.C30H28N4O4.C23H23IN4O2/c1-19-28(20(2)39-34-19)24-16-27-29(33-17-24)25(21-7-9-23(10-8-21)31(36)37-3)18-35(27)30(22-11-14-38-15-12-22)26-6-4-5-13-32-26;1-17-27(18(2)38-34-17)21-14-26-28(33-15-21)23(20-10-11-22(30(36)37)24(31)13-20)16-35(26)29(19-7-3-4-8-19)25-9-5-6-12-32-25;1-18-27(19(2)38-33-18)23-15-26-28(32-16-23)24(20-6-8-22(9-7-20)30(35)36)17-34(26)29(21-10-13-37-14-11-21)25-5-3-4-12-31-25;1-14-21(15(2)30-27-14)17-11-20-22(26-12-17)18(24)13-28(20)23(16-6-9-29-10-7-16)19-5-3-4-8-25-19/h4-10,13,16-18,22,30H,11-12,14-15H2,1-3H3;5-6,9-16,19,29H,3-4,7-8H2,1-2H3,(H,36,37);3-9,12,15-17,21,29H,10-11,13-14H2,1-2H3,(H,35,36);3-5,8,11-13,16,23H,6-7,9-10H2,1-2H3. The van der Waals surface area contributed by atoms with Crippen LogP contribution in [-0.4, -0.2) is 154 Å². The van der Waals surface area contributed by atoms with Gasteiger partial charge >= 0.3 is 17.9 Å². The summed E-state index contributed by atoms with van der Waals surface area (Å²) in [7, 11) is 1.39. The van der Waals surface area contributed by atoms with E-state index in [-0.39, 0.29) is 41.3 Å². The number of esters is 1. The average molecular weight is 2060 g/mol. The second-order valence-electron chi connectivity index (χ2n) is 37.5. The van der Waals surface area contributed by atoms with E-state index >= 15 is 0 Å². The number of aromatic nitrogens is 16. The molecule has 0 bridgehead atoms. The largest absolute Gasteiger partial charge is 0.478 e. The number of fused-ring (bicyclic) bond motifs is 4. The van der Waals surface area contributed by atoms with Crippen LogP contribution in [0.25, 0.3) is 122 Å². The van der Waals surface area contributed by atoms with Gasteiger partial charge in [-0.25, -0.2) is 18.8 Å². The van der Waals surface area contributed by atoms with Gasteiger partial charge in [-0.2, -0.15) is 0 Å². The molecular weight excluding hydrogens is 1950 g/mol. The van der Waals surface area contributed by atoms with Crippen molar-refractivity contribution in [3.05, 3.63) is 333 Å². The smallest absolute Gasteiger partial charge is 0.338 e. The highest BCUT2D eigenvalue weighted by molar-refractivity contribution is 14.1. The van der Waals surface area contributed by atoms with Crippen LogP contribution in [0, 0.1) is 88.4 Å². The third kappa shape index (κ3) is 19.9. The molecule has 3 aromatic carbocycles. The van der Waals surface area contributed by atoms with Crippen molar-refractivity contribution in [1.29, 1.82) is 0 Å². The molecule has 0 radical (unpaired) electrons. The number of benzene rings is 3. The third-order valence-corrected chi connectivity index (χ3v) is 29.4. The molecule has 1 saturated carbocycles. The van der Waals surface area contributed by atoms with Gasteiger partial charge in [0.1, 0.15) is 34.4 Å². The number of carboxylic acid groups (broad SMARTS) is 2. The second kappa shape index (κ2) is 42.8. The topological polar surface area (TPSA) is 356 Å². The van der Waals surface area contributed by atoms with E-state index < -0.39 is 17.8 Å². The summed E-state index contributed by atoms with van der Waals surface area (Å²) in [4.78, 5) is 73.6. The summed E-state index contributed by atoms with van der Waals surface area (Å²) in [5.74, 6) is 1.18. The van der Waals surface area contributed by atoms with Crippen LogP contribution < -0.4 is 0 Å². The van der Waals surface area contributed by atoms with Crippen LogP contribution >= 0.6 is 22.6 Å². The summed E-state index contributed by atoms with van der Waals surface area (Å²) >= 11 is 2.38. The molecule has 4 aliphatic rings. The fourth-order valence-corrected chi connectivity index (χ4v) is 22.4. The van der Waals surface area contributed by atoms with Crippen molar-refractivity contribution in [2.45, 2.75) is 144 Å². The first kappa shape index (κ1) is 97.3. The average Bonchev–Trinajstić information content (AvgIpc) is 1.60. The number of nitrogens with zero attached hydrogens (tertiary/aromatic N) is 16. The minimum absolute atomic E-state index is 0.00223. The Balaban J connectivity index is 0.000000118. The molecule has 19 heterocycles. The van der Waals surface area contributed by atoms with Gasteiger partial charge in [0.25, 0.3) is 0 Å². The Kier molecular flexibility index (Phi) is 28.7. The number of aromatic carboxylic acids is 2. The normalized spacial score (nSPS) is 15.2. The Bertz CT molecular complexity index is 7810. The van der Waals surface area contributed by atoms with Gasteiger partial charge in [-0.1, -0.05) is 88.1 Å². The molecule has 0 spiro atoms. The molecule has 0 amide bonds. The summed E-state index contributed by atoms with van der Waals surface area (Å²) in [6, 6.07) is 51.7. The van der Waals surface area contributed by atoms with E-state index in [4.69, 9.17) is 76.9 Å². The first-order chi connectivity index (χ1) is 70.6. The molecule has 736 valence electrons. The Morgan fingerprint density at radius 1 is 0.359 bits per heavy atom. The summed E-state index contributed by atoms with van der Waals surface area (Å²) in [6.07, 6.45) is 33.7. The highest BCUT2D eigenvalue weighted by Crippen LogP contribution is 2.48. The van der Waals surface area contributed by atoms with Crippen LogP contribution in [0.5, 0.6) is 0 Å². The second-order valence-corrected chi connectivity index (χ2v) is 38.7. The molecule has 29 nitrogen and oxygen atoms in total. The molecule has 1 aliphatic carbocycles. The number of carbonyl (C=O) groups excluding carboxylic acids is 1. The number of hydrogen-bond donors (Lipinski definition) is 2. The van der Waals surface area contributed by atoms with Gasteiger partial charge in [0.15, 0.2) is 0 Å². The number of carbonyl (C=O) groups is 3. The quantitative estimate of drug-likeness (QED) is 0.0470. The van der Waals surface area contributed by atoms with Gasteiger partial charge in [0, 0.05) is 175 Å². The van der Waals surface area contributed by atoms with E-state index in [0.717, 1.165) is 268 Å². The Labute approximate surface area is 848 Å². The predicted octanol–water partition coefficient (Wildman–Crippen LogP) is 24.6. The number of carboxylic acids is 2. The lowest BCUT2D eigenvalue weighted by molar-refractivity contribution is 0.0542. The van der Waals surface area contributed by atoms with Crippen molar-refractivity contribution in [2.75, 3.05) is 46.8 Å². The van der Waals surface area contributed by atoms with E-state index in [1.165, 1.54) is 32.1 Å². The molecule has 2 N–H and O–H groups in total. The molecule has 4 unspecified atom stereocenters. The minimum atomic E-state index is -1.30. The van der Waals surface area contributed by atoms with E-state index in [1.807, 2.05) is 172 Å². The molecule has 23 rings (SSSR count). The van der Waals surface area contributed by atoms with E-state index in [1.54, 1.807) is 36.5 Å².